The number of nitrogens with two attached hydrogens (primary N) is 1. The van der Waals surface area contributed by atoms with Crippen molar-refractivity contribution in [3.63, 3.8) is 0 Å². The molecule has 4 heteroatoms. The Hall–Kier alpha value is -1.86. The van der Waals surface area contributed by atoms with Crippen LogP contribution in [0.4, 0.5) is 4.39 Å². The predicted octanol–water partition coefficient (Wildman–Crippen LogP) is 0.495. The molecular weight excluding hydrogens is 195 g/mol. The van der Waals surface area contributed by atoms with E-state index in [-0.39, 0.29) is 12.1 Å². The Labute approximate surface area is 87.5 Å². The largest absolute Gasteiger partial charge is 0.355 e. The monoisotopic (exact) mass is 206 g/mol. The summed E-state index contributed by atoms with van der Waals surface area (Å²) in [6.07, 6.45) is 0. The van der Waals surface area contributed by atoms with Gasteiger partial charge in [-0.3, -0.25) is 4.79 Å². The molecule has 0 radical (unpaired) electrons. The third-order valence-electron chi connectivity index (χ3n) is 1.77. The average molecular weight is 206 g/mol. The fraction of sp³-hybridized carbons (Fsp3) is 0.182. The Morgan fingerprint density at radius 3 is 2.93 bits per heavy atom. The highest BCUT2D eigenvalue weighted by Gasteiger charge is 2.09. The Kier molecular flexibility index (Phi) is 3.83. The van der Waals surface area contributed by atoms with Crippen LogP contribution in [-0.4, -0.2) is 19.5 Å². The molecular formula is C11H11FN2O. The third kappa shape index (κ3) is 2.79. The van der Waals surface area contributed by atoms with Crippen LogP contribution >= 0.6 is 0 Å². The van der Waals surface area contributed by atoms with Crippen LogP contribution in [0.5, 0.6) is 0 Å². The second kappa shape index (κ2) is 5.13. The Bertz CT molecular complexity index is 432. The number of amides is 1. The Balaban J connectivity index is 3.10. The molecule has 0 saturated heterocycles. The summed E-state index contributed by atoms with van der Waals surface area (Å²) >= 11 is 0. The summed E-state index contributed by atoms with van der Waals surface area (Å²) in [5.74, 6) is 4.33. The minimum absolute atomic E-state index is 0.0127. The second-order valence-corrected chi connectivity index (χ2v) is 2.78. The maximum absolute atomic E-state index is 13.2. The van der Waals surface area contributed by atoms with Crippen molar-refractivity contribution in [2.24, 2.45) is 5.73 Å². The first-order chi connectivity index (χ1) is 7.19. The number of benzene rings is 1. The van der Waals surface area contributed by atoms with Gasteiger partial charge in [-0.25, -0.2) is 4.39 Å². The standard InChI is InChI=1S/C11H11FN2O/c1-14-11(15)9-7-8(3-2-6-13)4-5-10(9)12/h4-5,7H,6,13H2,1H3,(H,14,15). The molecule has 0 aliphatic carbocycles. The van der Waals surface area contributed by atoms with Crippen LogP contribution in [0.25, 0.3) is 0 Å². The highest BCUT2D eigenvalue weighted by atomic mass is 19.1. The molecule has 0 heterocycles. The maximum Gasteiger partial charge on any atom is 0.254 e. The molecule has 3 N–H and O–H groups in total. The van der Waals surface area contributed by atoms with Crippen LogP contribution < -0.4 is 11.1 Å². The van der Waals surface area contributed by atoms with Gasteiger partial charge in [-0.1, -0.05) is 11.8 Å². The van der Waals surface area contributed by atoms with E-state index in [0.29, 0.717) is 5.56 Å². The molecule has 0 aliphatic rings. The minimum atomic E-state index is -0.562. The maximum atomic E-state index is 13.2. The quantitative estimate of drug-likeness (QED) is 0.657. The van der Waals surface area contributed by atoms with Crippen molar-refractivity contribution in [1.82, 2.24) is 5.32 Å². The fourth-order valence-electron chi connectivity index (χ4n) is 1.06. The zero-order valence-corrected chi connectivity index (χ0v) is 8.30. The lowest BCUT2D eigenvalue weighted by Crippen LogP contribution is -2.19. The summed E-state index contributed by atoms with van der Waals surface area (Å²) in [4.78, 5) is 11.2. The zero-order chi connectivity index (χ0) is 11.3. The van der Waals surface area contributed by atoms with Crippen LogP contribution in [0.3, 0.4) is 0 Å². The van der Waals surface area contributed by atoms with E-state index < -0.39 is 11.7 Å². The molecule has 15 heavy (non-hydrogen) atoms. The van der Waals surface area contributed by atoms with E-state index in [2.05, 4.69) is 17.2 Å². The number of hydrogen-bond acceptors (Lipinski definition) is 2. The molecule has 0 atom stereocenters. The first kappa shape index (κ1) is 11.2. The van der Waals surface area contributed by atoms with Gasteiger partial charge in [0.1, 0.15) is 5.82 Å². The van der Waals surface area contributed by atoms with Gasteiger partial charge in [0, 0.05) is 12.6 Å². The van der Waals surface area contributed by atoms with E-state index in [0.717, 1.165) is 0 Å². The summed E-state index contributed by atoms with van der Waals surface area (Å²) in [5, 5.41) is 2.35. The predicted molar refractivity (Wildman–Crippen MR) is 55.7 cm³/mol. The lowest BCUT2D eigenvalue weighted by molar-refractivity contribution is 0.0959. The first-order valence-corrected chi connectivity index (χ1v) is 4.39. The van der Waals surface area contributed by atoms with E-state index in [9.17, 15) is 9.18 Å². The SMILES string of the molecule is CNC(=O)c1cc(C#CCN)ccc1F. The molecule has 0 saturated carbocycles. The van der Waals surface area contributed by atoms with Gasteiger partial charge in [-0.15, -0.1) is 0 Å². The molecule has 1 aromatic rings. The van der Waals surface area contributed by atoms with Crippen molar-refractivity contribution >= 4 is 5.91 Å². The number of carbonyl (C=O) groups excluding carboxylic acids is 1. The number of carbonyl (C=O) groups is 1. The molecule has 0 unspecified atom stereocenters. The number of hydrogen-bond donors (Lipinski definition) is 2. The van der Waals surface area contributed by atoms with Crippen molar-refractivity contribution in [3.8, 4) is 11.8 Å². The molecule has 78 valence electrons. The smallest absolute Gasteiger partial charge is 0.254 e. The van der Waals surface area contributed by atoms with Gasteiger partial charge < -0.3 is 11.1 Å². The molecule has 1 rings (SSSR count). The summed E-state index contributed by atoms with van der Waals surface area (Å²) in [6.45, 7) is 0.229. The van der Waals surface area contributed by atoms with Crippen LogP contribution in [0, 0.1) is 17.7 Å². The lowest BCUT2D eigenvalue weighted by atomic mass is 10.1. The van der Waals surface area contributed by atoms with E-state index >= 15 is 0 Å². The second-order valence-electron chi connectivity index (χ2n) is 2.78. The number of rotatable bonds is 1. The van der Waals surface area contributed by atoms with Crippen LogP contribution in [0.1, 0.15) is 15.9 Å². The van der Waals surface area contributed by atoms with E-state index in [1.165, 1.54) is 25.2 Å². The molecule has 0 fully saturated rings. The van der Waals surface area contributed by atoms with Crippen molar-refractivity contribution < 1.29 is 9.18 Å². The minimum Gasteiger partial charge on any atom is -0.355 e. The Morgan fingerprint density at radius 1 is 1.60 bits per heavy atom. The van der Waals surface area contributed by atoms with Crippen molar-refractivity contribution in [1.29, 1.82) is 0 Å². The van der Waals surface area contributed by atoms with Crippen molar-refractivity contribution in [2.75, 3.05) is 13.6 Å². The van der Waals surface area contributed by atoms with Gasteiger partial charge in [0.05, 0.1) is 12.1 Å². The molecule has 0 spiro atoms. The number of halogens is 1. The highest BCUT2D eigenvalue weighted by molar-refractivity contribution is 5.94. The van der Waals surface area contributed by atoms with Crippen LogP contribution in [-0.2, 0) is 0 Å². The highest BCUT2D eigenvalue weighted by Crippen LogP contribution is 2.09. The van der Waals surface area contributed by atoms with Crippen molar-refractivity contribution in [2.45, 2.75) is 0 Å². The molecule has 0 bridgehead atoms. The summed E-state index contributed by atoms with van der Waals surface area (Å²) in [5.41, 5.74) is 5.76. The normalized spacial score (nSPS) is 9.00. The van der Waals surface area contributed by atoms with Gasteiger partial charge in [0.2, 0.25) is 0 Å². The zero-order valence-electron chi connectivity index (χ0n) is 8.30. The Morgan fingerprint density at radius 2 is 2.33 bits per heavy atom. The van der Waals surface area contributed by atoms with Gasteiger partial charge >= 0.3 is 0 Å². The average Bonchev–Trinajstić information content (AvgIpc) is 2.27. The van der Waals surface area contributed by atoms with Crippen LogP contribution in [0.2, 0.25) is 0 Å². The van der Waals surface area contributed by atoms with E-state index in [1.807, 2.05) is 0 Å². The molecule has 1 amide bonds. The van der Waals surface area contributed by atoms with Gasteiger partial charge in [-0.2, -0.15) is 0 Å². The third-order valence-corrected chi connectivity index (χ3v) is 1.77. The van der Waals surface area contributed by atoms with E-state index in [1.54, 1.807) is 0 Å². The summed E-state index contributed by atoms with van der Waals surface area (Å²) in [7, 11) is 1.44. The summed E-state index contributed by atoms with van der Waals surface area (Å²) < 4.78 is 13.2. The van der Waals surface area contributed by atoms with E-state index in [4.69, 9.17) is 5.73 Å². The molecule has 1 aromatic carbocycles. The van der Waals surface area contributed by atoms with Crippen molar-refractivity contribution in [3.05, 3.63) is 35.1 Å². The molecule has 3 nitrogen and oxygen atoms in total. The number of nitrogens with one attached hydrogen (secondary N) is 1. The van der Waals surface area contributed by atoms with Gasteiger partial charge in [0.15, 0.2) is 0 Å². The molecule has 0 aliphatic heterocycles. The lowest BCUT2D eigenvalue weighted by Gasteiger charge is -2.01. The first-order valence-electron chi connectivity index (χ1n) is 4.39. The van der Waals surface area contributed by atoms with Gasteiger partial charge in [-0.05, 0) is 18.2 Å². The molecule has 0 aromatic heterocycles. The fourth-order valence-corrected chi connectivity index (χ4v) is 1.06. The summed E-state index contributed by atoms with van der Waals surface area (Å²) in [6, 6.07) is 4.12. The van der Waals surface area contributed by atoms with Gasteiger partial charge in [0.25, 0.3) is 5.91 Å². The topological polar surface area (TPSA) is 55.1 Å². The van der Waals surface area contributed by atoms with Crippen LogP contribution in [0.15, 0.2) is 18.2 Å².